The molecule has 0 fully saturated rings. The number of allylic oxidation sites excluding steroid dienone is 3. The fourth-order valence-electron chi connectivity index (χ4n) is 2.09. The summed E-state index contributed by atoms with van der Waals surface area (Å²) in [6.45, 7) is 4.21. The maximum absolute atomic E-state index is 12.8. The minimum Gasteiger partial charge on any atom is -0.491 e. The predicted octanol–water partition coefficient (Wildman–Crippen LogP) is 4.07. The van der Waals surface area contributed by atoms with E-state index in [1.54, 1.807) is 31.4 Å². The summed E-state index contributed by atoms with van der Waals surface area (Å²) in [6, 6.07) is 7.10. The third-order valence-electron chi connectivity index (χ3n) is 3.21. The number of benzene rings is 1. The predicted molar refractivity (Wildman–Crippen MR) is 86.2 cm³/mol. The maximum Gasteiger partial charge on any atom is 0.256 e. The second kappa shape index (κ2) is 10.3. The van der Waals surface area contributed by atoms with E-state index in [0.717, 1.165) is 5.56 Å². The smallest absolute Gasteiger partial charge is 0.256 e. The zero-order valence-corrected chi connectivity index (χ0v) is 16.9. The van der Waals surface area contributed by atoms with Gasteiger partial charge in [-0.3, -0.25) is 0 Å². The van der Waals surface area contributed by atoms with Crippen LogP contribution in [-0.2, 0) is 37.4 Å². The first-order valence-corrected chi connectivity index (χ1v) is 7.37. The van der Waals surface area contributed by atoms with Gasteiger partial charge in [0.05, 0.1) is 13.2 Å². The van der Waals surface area contributed by atoms with E-state index in [0.29, 0.717) is 35.4 Å². The van der Waals surface area contributed by atoms with Crippen molar-refractivity contribution in [1.29, 1.82) is 0 Å². The molecule has 1 heterocycles. The third-order valence-corrected chi connectivity index (χ3v) is 3.54. The van der Waals surface area contributed by atoms with Crippen LogP contribution in [0.5, 0.6) is 5.75 Å². The average molecular weight is 430 g/mol. The Morgan fingerprint density at radius 3 is 2.50 bits per heavy atom. The van der Waals surface area contributed by atoms with Gasteiger partial charge < -0.3 is 14.4 Å². The molecule has 0 unspecified atom stereocenters. The molecule has 1 aromatic carbocycles. The van der Waals surface area contributed by atoms with E-state index in [4.69, 9.17) is 21.1 Å². The molecule has 1 aromatic rings. The maximum atomic E-state index is 12.8. The van der Waals surface area contributed by atoms with Gasteiger partial charge in [0.25, 0.3) is 6.43 Å². The number of hydrogen-bond acceptors (Lipinski definition) is 3. The number of methoxy groups -OCH3 is 1. The number of hydrogen-bond donors (Lipinski definition) is 0. The van der Waals surface area contributed by atoms with Gasteiger partial charge in [-0.05, 0) is 22.9 Å². The number of nitrogens with zero attached hydrogens (tertiary/aromatic N) is 1. The molecule has 0 atom stereocenters. The van der Waals surface area contributed by atoms with Crippen molar-refractivity contribution >= 4 is 17.3 Å². The van der Waals surface area contributed by atoms with Crippen molar-refractivity contribution in [3.8, 4) is 5.75 Å². The van der Waals surface area contributed by atoms with Crippen LogP contribution in [0.25, 0.3) is 5.70 Å². The van der Waals surface area contributed by atoms with Crippen LogP contribution in [0.2, 0.25) is 0 Å². The molecule has 0 saturated heterocycles. The number of rotatable bonds is 7. The Balaban J connectivity index is 0.00000288. The third kappa shape index (κ3) is 5.66. The Hall–Kier alpha value is -0.746. The number of halogens is 3. The van der Waals surface area contributed by atoms with E-state index in [1.807, 2.05) is 0 Å². The van der Waals surface area contributed by atoms with E-state index < -0.39 is 13.0 Å². The van der Waals surface area contributed by atoms with E-state index in [9.17, 15) is 8.78 Å². The van der Waals surface area contributed by atoms with Gasteiger partial charge in [0, 0.05) is 39.8 Å². The second-order valence-corrected chi connectivity index (χ2v) is 5.21. The van der Waals surface area contributed by atoms with E-state index in [-0.39, 0.29) is 32.7 Å². The molecule has 0 bridgehead atoms. The van der Waals surface area contributed by atoms with Crippen molar-refractivity contribution in [1.82, 2.24) is 4.90 Å². The van der Waals surface area contributed by atoms with Gasteiger partial charge in [0.15, 0.2) is 0 Å². The summed E-state index contributed by atoms with van der Waals surface area (Å²) in [5.41, 5.74) is 1.57. The molecule has 3 nitrogen and oxygen atoms in total. The summed E-state index contributed by atoms with van der Waals surface area (Å²) in [4.78, 5) is 1.37. The topological polar surface area (TPSA) is 21.7 Å². The molecule has 0 aliphatic carbocycles. The molecule has 2 rings (SSSR count). The minimum atomic E-state index is -2.51. The van der Waals surface area contributed by atoms with Crippen molar-refractivity contribution in [3.05, 3.63) is 59.3 Å². The Kier molecular flexibility index (Phi) is 9.13. The van der Waals surface area contributed by atoms with Gasteiger partial charge in [0.2, 0.25) is 0 Å². The summed E-state index contributed by atoms with van der Waals surface area (Å²) < 4.78 is 36.0. The van der Waals surface area contributed by atoms with Crippen molar-refractivity contribution < 1.29 is 51.0 Å². The normalized spacial score (nSPS) is 14.2. The van der Waals surface area contributed by atoms with Gasteiger partial charge in [-0.15, -0.1) is 12.1 Å². The van der Waals surface area contributed by atoms with Crippen molar-refractivity contribution in [2.45, 2.75) is 6.43 Å². The zero-order chi connectivity index (χ0) is 16.8. The van der Waals surface area contributed by atoms with Crippen LogP contribution in [0.15, 0.2) is 47.6 Å². The Morgan fingerprint density at radius 2 is 1.92 bits per heavy atom. The van der Waals surface area contributed by atoms with Crippen molar-refractivity contribution in [2.24, 2.45) is 0 Å². The second-order valence-electron chi connectivity index (χ2n) is 4.80. The monoisotopic (exact) mass is 429 g/mol. The molecule has 0 saturated carbocycles. The van der Waals surface area contributed by atoms with Gasteiger partial charge in [-0.25, -0.2) is 8.78 Å². The van der Waals surface area contributed by atoms with Gasteiger partial charge in [-0.1, -0.05) is 17.8 Å². The molecule has 0 N–H and O–H groups in total. The van der Waals surface area contributed by atoms with Crippen LogP contribution in [0, 0.1) is 6.08 Å². The van der Waals surface area contributed by atoms with Crippen LogP contribution >= 0.6 is 11.6 Å². The molecular formula is C17H17ClF2NO2Y-. The first-order chi connectivity index (χ1) is 11.0. The summed E-state index contributed by atoms with van der Waals surface area (Å²) in [5, 5.41) is 0.300. The Labute approximate surface area is 170 Å². The van der Waals surface area contributed by atoms with Gasteiger partial charge >= 0.3 is 0 Å². The molecule has 127 valence electrons. The molecule has 0 aromatic heterocycles. The van der Waals surface area contributed by atoms with E-state index in [1.165, 1.54) is 11.0 Å². The molecule has 0 amide bonds. The Bertz CT molecular complexity index is 618. The van der Waals surface area contributed by atoms with Crippen LogP contribution in [-0.4, -0.2) is 38.2 Å². The molecule has 1 aliphatic rings. The first kappa shape index (κ1) is 21.3. The zero-order valence-electron chi connectivity index (χ0n) is 13.3. The first-order valence-electron chi connectivity index (χ1n) is 6.99. The van der Waals surface area contributed by atoms with Crippen molar-refractivity contribution in [2.75, 3.05) is 26.9 Å². The molecule has 24 heavy (non-hydrogen) atoms. The standard InChI is InChI=1S/C17H17ClF2NO2.Y/c1-12-15(18)7-8-16(21(12)11-17(19)20)13-3-5-14(6-4-13)23-10-9-22-2;/h3-7,17H,1,9-11H2,2H3;/q-1;. The molecule has 1 radical (unpaired) electrons. The summed E-state index contributed by atoms with van der Waals surface area (Å²) in [5.74, 6) is 0.676. The molecule has 1 aliphatic heterocycles. The van der Waals surface area contributed by atoms with Gasteiger partial charge in [-0.2, -0.15) is 23.8 Å². The average Bonchev–Trinajstić information content (AvgIpc) is 2.53. The number of ether oxygens (including phenoxy) is 2. The van der Waals surface area contributed by atoms with Crippen LogP contribution in [0.1, 0.15) is 5.56 Å². The van der Waals surface area contributed by atoms with Crippen LogP contribution < -0.4 is 4.74 Å². The molecule has 7 heteroatoms. The summed E-state index contributed by atoms with van der Waals surface area (Å²) in [6.07, 6.45) is 1.96. The van der Waals surface area contributed by atoms with Crippen molar-refractivity contribution in [3.63, 3.8) is 0 Å². The summed E-state index contributed by atoms with van der Waals surface area (Å²) in [7, 11) is 1.60. The Morgan fingerprint density at radius 1 is 1.25 bits per heavy atom. The van der Waals surface area contributed by atoms with Gasteiger partial charge in [0.1, 0.15) is 12.4 Å². The fraction of sp³-hybridized carbons (Fsp3) is 0.294. The van der Waals surface area contributed by atoms with E-state index in [2.05, 4.69) is 12.7 Å². The summed E-state index contributed by atoms with van der Waals surface area (Å²) >= 11 is 5.96. The number of alkyl halides is 2. The molecule has 0 spiro atoms. The van der Waals surface area contributed by atoms with Crippen LogP contribution in [0.4, 0.5) is 8.78 Å². The fourth-order valence-corrected chi connectivity index (χ4v) is 2.24. The largest absolute Gasteiger partial charge is 0.491 e. The van der Waals surface area contributed by atoms with E-state index >= 15 is 0 Å². The quantitative estimate of drug-likeness (QED) is 0.482. The SMILES string of the molecule is C=C1C(Cl)=C[C-]=C(c2ccc(OCCOC)cc2)N1CC(F)F.[Y]. The molecular weight excluding hydrogens is 413 g/mol. The minimum absolute atomic E-state index is 0. The van der Waals surface area contributed by atoms with Crippen LogP contribution in [0.3, 0.4) is 0 Å².